The number of amides is 1. The lowest BCUT2D eigenvalue weighted by Gasteiger charge is -2.25. The number of carbonyl (C=O) groups excluding carboxylic acids is 3. The summed E-state index contributed by atoms with van der Waals surface area (Å²) < 4.78 is 9.40. The minimum atomic E-state index is -0.560. The molecular formula is C16H20ClNO5S. The molecule has 1 amide bonds. The number of halogens is 1. The van der Waals surface area contributed by atoms with E-state index in [1.807, 2.05) is 6.92 Å². The minimum absolute atomic E-state index is 0.0792. The fraction of sp³-hybridized carbons (Fsp3) is 0.438. The number of hydrogen-bond donors (Lipinski definition) is 0. The maximum Gasteiger partial charge on any atom is 0.325 e. The first-order valence-electron chi connectivity index (χ1n) is 7.09. The summed E-state index contributed by atoms with van der Waals surface area (Å²) in [6.45, 7) is 3.26. The average Bonchev–Trinajstić information content (AvgIpc) is 2.55. The van der Waals surface area contributed by atoms with Gasteiger partial charge in [-0.1, -0.05) is 29.4 Å². The largest absolute Gasteiger partial charge is 0.468 e. The van der Waals surface area contributed by atoms with Gasteiger partial charge in [-0.05, 0) is 31.0 Å². The van der Waals surface area contributed by atoms with Gasteiger partial charge in [0.25, 0.3) is 0 Å². The van der Waals surface area contributed by atoms with Crippen LogP contribution in [-0.2, 0) is 23.9 Å². The third-order valence-electron chi connectivity index (χ3n) is 3.27. The molecule has 0 spiro atoms. The molecular weight excluding hydrogens is 354 g/mol. The number of rotatable bonds is 7. The van der Waals surface area contributed by atoms with E-state index < -0.39 is 5.97 Å². The van der Waals surface area contributed by atoms with E-state index in [0.717, 1.165) is 17.3 Å². The molecule has 1 aromatic rings. The van der Waals surface area contributed by atoms with Crippen LogP contribution in [-0.4, -0.2) is 50.1 Å². The number of methoxy groups -OCH3 is 2. The lowest BCUT2D eigenvalue weighted by Crippen LogP contribution is -2.38. The topological polar surface area (TPSA) is 72.9 Å². The lowest BCUT2D eigenvalue weighted by atomic mass is 10.1. The summed E-state index contributed by atoms with van der Waals surface area (Å²) in [7, 11) is 2.65. The van der Waals surface area contributed by atoms with Crippen molar-refractivity contribution in [2.24, 2.45) is 0 Å². The first kappa shape index (κ1) is 20.5. The molecule has 0 saturated carbocycles. The van der Waals surface area contributed by atoms with Crippen LogP contribution < -0.4 is 4.90 Å². The van der Waals surface area contributed by atoms with Gasteiger partial charge in [0.2, 0.25) is 11.0 Å². The summed E-state index contributed by atoms with van der Waals surface area (Å²) in [6, 6.07) is 3.50. The molecule has 0 unspecified atom stereocenters. The molecule has 0 aliphatic rings. The van der Waals surface area contributed by atoms with Gasteiger partial charge in [0, 0.05) is 12.1 Å². The standard InChI is InChI=1S/C16H20ClNO5S/c1-10-5-6-12(17)11(2)16(10)18(7-14(20)23-4)13(19)9-24-15(21)8-22-3/h5-6H,7-9H2,1-4H3. The average molecular weight is 374 g/mol. The highest BCUT2D eigenvalue weighted by Crippen LogP contribution is 2.31. The molecule has 0 atom stereocenters. The molecule has 6 nitrogen and oxygen atoms in total. The van der Waals surface area contributed by atoms with Crippen molar-refractivity contribution in [1.29, 1.82) is 0 Å². The van der Waals surface area contributed by atoms with Gasteiger partial charge in [-0.25, -0.2) is 0 Å². The van der Waals surface area contributed by atoms with Gasteiger partial charge in [0.05, 0.1) is 18.6 Å². The molecule has 0 aliphatic heterocycles. The number of benzene rings is 1. The van der Waals surface area contributed by atoms with E-state index in [1.165, 1.54) is 19.1 Å². The van der Waals surface area contributed by atoms with Gasteiger partial charge < -0.3 is 9.47 Å². The van der Waals surface area contributed by atoms with E-state index >= 15 is 0 Å². The van der Waals surface area contributed by atoms with E-state index in [1.54, 1.807) is 19.1 Å². The molecule has 0 aromatic heterocycles. The molecule has 0 bridgehead atoms. The van der Waals surface area contributed by atoms with Gasteiger partial charge in [0.15, 0.2) is 0 Å². The number of carbonyl (C=O) groups is 3. The summed E-state index contributed by atoms with van der Waals surface area (Å²) in [5.74, 6) is -1.05. The van der Waals surface area contributed by atoms with E-state index in [0.29, 0.717) is 16.3 Å². The maximum atomic E-state index is 12.6. The van der Waals surface area contributed by atoms with E-state index in [2.05, 4.69) is 4.74 Å². The summed E-state index contributed by atoms with van der Waals surface area (Å²) in [6.07, 6.45) is 0. The van der Waals surface area contributed by atoms with Crippen LogP contribution >= 0.6 is 23.4 Å². The van der Waals surface area contributed by atoms with Crippen LogP contribution in [0.2, 0.25) is 5.02 Å². The number of esters is 1. The van der Waals surface area contributed by atoms with Crippen LogP contribution in [0.5, 0.6) is 0 Å². The van der Waals surface area contributed by atoms with Gasteiger partial charge >= 0.3 is 5.97 Å². The van der Waals surface area contributed by atoms with Crippen molar-refractivity contribution in [2.75, 3.05) is 38.0 Å². The normalized spacial score (nSPS) is 10.4. The second-order valence-electron chi connectivity index (χ2n) is 4.99. The number of nitrogens with zero attached hydrogens (tertiary/aromatic N) is 1. The van der Waals surface area contributed by atoms with Crippen LogP contribution in [0.25, 0.3) is 0 Å². The fourth-order valence-corrected chi connectivity index (χ4v) is 2.89. The molecule has 132 valence electrons. The summed E-state index contributed by atoms with van der Waals surface area (Å²) in [5, 5.41) is 0.227. The Hall–Kier alpha value is -1.57. The van der Waals surface area contributed by atoms with Gasteiger partial charge in [-0.2, -0.15) is 0 Å². The number of ether oxygens (including phenoxy) is 2. The molecule has 24 heavy (non-hydrogen) atoms. The van der Waals surface area contributed by atoms with Crippen molar-refractivity contribution < 1.29 is 23.9 Å². The SMILES string of the molecule is COCC(=O)SCC(=O)N(CC(=O)OC)c1c(C)ccc(Cl)c1C. The minimum Gasteiger partial charge on any atom is -0.468 e. The Morgan fingerprint density at radius 3 is 2.46 bits per heavy atom. The molecule has 0 heterocycles. The molecule has 0 radical (unpaired) electrons. The number of aryl methyl sites for hydroxylation is 1. The van der Waals surface area contributed by atoms with Gasteiger partial charge in [-0.15, -0.1) is 0 Å². The zero-order valence-electron chi connectivity index (χ0n) is 14.1. The highest BCUT2D eigenvalue weighted by molar-refractivity contribution is 8.14. The predicted molar refractivity (Wildman–Crippen MR) is 94.6 cm³/mol. The zero-order chi connectivity index (χ0) is 18.3. The quantitative estimate of drug-likeness (QED) is 0.683. The van der Waals surface area contributed by atoms with Gasteiger partial charge in [0.1, 0.15) is 13.2 Å². The monoisotopic (exact) mass is 373 g/mol. The van der Waals surface area contributed by atoms with E-state index in [9.17, 15) is 14.4 Å². The van der Waals surface area contributed by atoms with Crippen molar-refractivity contribution >= 4 is 46.0 Å². The molecule has 0 saturated heterocycles. The van der Waals surface area contributed by atoms with Gasteiger partial charge in [-0.3, -0.25) is 19.3 Å². The van der Waals surface area contributed by atoms with E-state index in [-0.39, 0.29) is 29.9 Å². The van der Waals surface area contributed by atoms with Crippen LogP contribution in [0.3, 0.4) is 0 Å². The Balaban J connectivity index is 3.09. The number of anilines is 1. The number of thioether (sulfide) groups is 1. The maximum absolute atomic E-state index is 12.6. The summed E-state index contributed by atoms with van der Waals surface area (Å²) in [5.41, 5.74) is 2.03. The molecule has 1 aromatic carbocycles. The Kier molecular flexibility index (Phi) is 8.24. The number of hydrogen-bond acceptors (Lipinski definition) is 6. The Morgan fingerprint density at radius 1 is 1.21 bits per heavy atom. The van der Waals surface area contributed by atoms with Crippen molar-refractivity contribution in [3.63, 3.8) is 0 Å². The van der Waals surface area contributed by atoms with Crippen molar-refractivity contribution in [2.45, 2.75) is 13.8 Å². The van der Waals surface area contributed by atoms with Crippen molar-refractivity contribution in [3.05, 3.63) is 28.3 Å². The third kappa shape index (κ3) is 5.51. The second kappa shape index (κ2) is 9.66. The Bertz CT molecular complexity index is 635. The summed E-state index contributed by atoms with van der Waals surface area (Å²) >= 11 is 6.99. The highest BCUT2D eigenvalue weighted by atomic mass is 35.5. The third-order valence-corrected chi connectivity index (χ3v) is 4.51. The smallest absolute Gasteiger partial charge is 0.325 e. The fourth-order valence-electron chi connectivity index (χ4n) is 2.09. The van der Waals surface area contributed by atoms with Crippen molar-refractivity contribution in [3.8, 4) is 0 Å². The van der Waals surface area contributed by atoms with E-state index in [4.69, 9.17) is 16.3 Å². The molecule has 0 N–H and O–H groups in total. The highest BCUT2D eigenvalue weighted by Gasteiger charge is 2.24. The van der Waals surface area contributed by atoms with Crippen LogP contribution in [0.15, 0.2) is 12.1 Å². The van der Waals surface area contributed by atoms with Crippen LogP contribution in [0.4, 0.5) is 5.69 Å². The van der Waals surface area contributed by atoms with Crippen LogP contribution in [0.1, 0.15) is 11.1 Å². The Morgan fingerprint density at radius 2 is 1.88 bits per heavy atom. The first-order valence-corrected chi connectivity index (χ1v) is 8.45. The zero-order valence-corrected chi connectivity index (χ0v) is 15.6. The second-order valence-corrected chi connectivity index (χ2v) is 6.43. The molecule has 0 fully saturated rings. The first-order chi connectivity index (χ1) is 11.3. The summed E-state index contributed by atoms with van der Waals surface area (Å²) in [4.78, 5) is 37.1. The lowest BCUT2D eigenvalue weighted by molar-refractivity contribution is -0.139. The van der Waals surface area contributed by atoms with Crippen molar-refractivity contribution in [1.82, 2.24) is 0 Å². The Labute approximate surface area is 150 Å². The predicted octanol–water partition coefficient (Wildman–Crippen LogP) is 2.37. The molecule has 0 aliphatic carbocycles. The molecule has 1 rings (SSSR count). The molecule has 8 heteroatoms. The van der Waals surface area contributed by atoms with Crippen LogP contribution in [0, 0.1) is 13.8 Å².